The second-order valence-electron chi connectivity index (χ2n) is 18.1. The van der Waals surface area contributed by atoms with Crippen LogP contribution in [0, 0.1) is 0 Å². The highest BCUT2D eigenvalue weighted by Gasteiger charge is 2.21. The topological polar surface area (TPSA) is 16.3 Å². The molecule has 0 atom stereocenters. The van der Waals surface area contributed by atoms with E-state index >= 15 is 0 Å². The largest absolute Gasteiger partial charge is 0.310 e. The van der Waals surface area contributed by atoms with Crippen molar-refractivity contribution in [2.75, 3.05) is 9.80 Å². The summed E-state index contributed by atoms with van der Waals surface area (Å²) in [6, 6.07) is 97.0. The molecule has 0 saturated heterocycles. The fourth-order valence-electron chi connectivity index (χ4n) is 10.9. The second-order valence-corrected chi connectivity index (χ2v) is 19.2. The summed E-state index contributed by atoms with van der Waals surface area (Å²) in [7, 11) is 0. The van der Waals surface area contributed by atoms with Gasteiger partial charge >= 0.3 is 0 Å². The van der Waals surface area contributed by atoms with Crippen LogP contribution >= 0.6 is 11.3 Å². The predicted molar refractivity (Wildman–Crippen MR) is 303 cm³/mol. The van der Waals surface area contributed by atoms with Gasteiger partial charge in [0.2, 0.25) is 0 Å². The van der Waals surface area contributed by atoms with Crippen molar-refractivity contribution in [3.8, 4) is 22.5 Å². The lowest BCUT2D eigenvalue weighted by Gasteiger charge is -2.28. The first-order valence-corrected chi connectivity index (χ1v) is 25.0. The monoisotopic (exact) mass is 924 g/mol. The molecule has 5 heteroatoms. The molecule has 0 spiro atoms. The molecule has 0 aliphatic carbocycles. The van der Waals surface area contributed by atoms with Crippen molar-refractivity contribution in [3.05, 3.63) is 267 Å². The van der Waals surface area contributed by atoms with E-state index in [0.717, 1.165) is 45.5 Å². The smallest absolute Gasteiger partial charge is 0.0542 e. The molecule has 0 unspecified atom stereocenters. The maximum absolute atomic E-state index is 2.40. The Morgan fingerprint density at radius 3 is 1.20 bits per heavy atom. The van der Waals surface area contributed by atoms with Crippen LogP contribution in [-0.2, 0) is 0 Å². The number of benzene rings is 11. The third-order valence-electron chi connectivity index (χ3n) is 14.1. The first-order valence-electron chi connectivity index (χ1n) is 24.2. The number of hydrogen-bond acceptors (Lipinski definition) is 3. The fourth-order valence-corrected chi connectivity index (χ4v) is 12.1. The van der Waals surface area contributed by atoms with Crippen LogP contribution < -0.4 is 9.80 Å². The molecule has 0 amide bonds. The molecule has 0 N–H and O–H groups in total. The van der Waals surface area contributed by atoms with Gasteiger partial charge in [0.15, 0.2) is 0 Å². The van der Waals surface area contributed by atoms with E-state index in [2.05, 4.69) is 286 Å². The minimum absolute atomic E-state index is 1.06. The molecule has 71 heavy (non-hydrogen) atoms. The Kier molecular flexibility index (Phi) is 9.68. The summed E-state index contributed by atoms with van der Waals surface area (Å²) in [6.07, 6.45) is 0. The van der Waals surface area contributed by atoms with E-state index in [-0.39, 0.29) is 0 Å². The molecule has 11 aromatic carbocycles. The minimum Gasteiger partial charge on any atom is -0.310 e. The average Bonchev–Trinajstić information content (AvgIpc) is 4.10. The zero-order chi connectivity index (χ0) is 46.8. The number of aromatic nitrogens is 2. The fraction of sp³-hybridized carbons (Fsp3) is 0. The van der Waals surface area contributed by atoms with Gasteiger partial charge in [0.05, 0.1) is 22.1 Å². The minimum atomic E-state index is 1.06. The summed E-state index contributed by atoms with van der Waals surface area (Å²) < 4.78 is 7.38. The van der Waals surface area contributed by atoms with E-state index in [9.17, 15) is 0 Å². The number of rotatable bonds is 9. The van der Waals surface area contributed by atoms with Crippen LogP contribution in [0.5, 0.6) is 0 Å². The van der Waals surface area contributed by atoms with Gasteiger partial charge in [-0.05, 0) is 139 Å². The highest BCUT2D eigenvalue weighted by atomic mass is 32.1. The van der Waals surface area contributed by atoms with Gasteiger partial charge in [-0.3, -0.25) is 0 Å². The first-order chi connectivity index (χ1) is 35.2. The van der Waals surface area contributed by atoms with Crippen molar-refractivity contribution in [1.82, 2.24) is 9.13 Å². The standard InChI is InChI=1S/C66H44N4S/c1-4-17-46(18-5-1)67(52-39-41-63-59(43-52)55-23-10-13-28-61(55)69(63)47-19-6-2-7-20-47)50-35-37-51(38-36-50)68(49-33-31-45(32-34-49)54-26-16-27-58-57-25-12-15-30-65(57)71-66(54)58)53-40-42-64-60(44-53)56-24-11-14-29-62(56)70(64)48-21-8-3-9-22-48/h1-44H. The summed E-state index contributed by atoms with van der Waals surface area (Å²) in [5, 5.41) is 7.48. The Bertz CT molecular complexity index is 4270. The van der Waals surface area contributed by atoms with Gasteiger partial charge in [-0.2, -0.15) is 0 Å². The van der Waals surface area contributed by atoms with Gasteiger partial charge in [0.25, 0.3) is 0 Å². The molecule has 0 bridgehead atoms. The van der Waals surface area contributed by atoms with Crippen molar-refractivity contribution in [2.45, 2.75) is 0 Å². The molecule has 334 valence electrons. The average molecular weight is 925 g/mol. The Balaban J connectivity index is 0.912. The molecule has 0 saturated carbocycles. The molecule has 3 aromatic heterocycles. The van der Waals surface area contributed by atoms with Crippen LogP contribution in [-0.4, -0.2) is 9.13 Å². The van der Waals surface area contributed by atoms with Crippen LogP contribution in [0.4, 0.5) is 34.1 Å². The van der Waals surface area contributed by atoms with Crippen LogP contribution in [0.15, 0.2) is 267 Å². The Morgan fingerprint density at radius 2 is 0.662 bits per heavy atom. The van der Waals surface area contributed by atoms with Crippen molar-refractivity contribution < 1.29 is 0 Å². The van der Waals surface area contributed by atoms with Gasteiger partial charge in [0.1, 0.15) is 0 Å². The van der Waals surface area contributed by atoms with Gasteiger partial charge in [-0.25, -0.2) is 0 Å². The quantitative estimate of drug-likeness (QED) is 0.143. The number of fused-ring (bicyclic) bond motifs is 9. The molecule has 14 rings (SSSR count). The maximum atomic E-state index is 2.40. The van der Waals surface area contributed by atoms with Crippen LogP contribution in [0.25, 0.3) is 86.3 Å². The zero-order valence-corrected chi connectivity index (χ0v) is 39.4. The molecule has 0 radical (unpaired) electrons. The zero-order valence-electron chi connectivity index (χ0n) is 38.6. The Labute approximate surface area is 415 Å². The molecule has 0 aliphatic heterocycles. The SMILES string of the molecule is c1ccc(N(c2ccc(N(c3ccc(-c4cccc5c4sc4ccccc45)cc3)c3ccc4c(c3)c3ccccc3n4-c3ccccc3)cc2)c2ccc3c(c2)c2ccccc2n3-c2ccccc2)cc1. The molecule has 0 fully saturated rings. The van der Waals surface area contributed by atoms with Gasteiger partial charge < -0.3 is 18.9 Å². The molecule has 14 aromatic rings. The Morgan fingerprint density at radius 1 is 0.268 bits per heavy atom. The highest BCUT2D eigenvalue weighted by Crippen LogP contribution is 2.45. The lowest BCUT2D eigenvalue weighted by atomic mass is 10.0. The van der Waals surface area contributed by atoms with Crippen LogP contribution in [0.1, 0.15) is 0 Å². The molecular weight excluding hydrogens is 881 g/mol. The summed E-state index contributed by atoms with van der Waals surface area (Å²) in [4.78, 5) is 4.77. The molecule has 4 nitrogen and oxygen atoms in total. The number of thiophene rings is 1. The second kappa shape index (κ2) is 16.8. The van der Waals surface area contributed by atoms with Crippen molar-refractivity contribution >= 4 is 109 Å². The van der Waals surface area contributed by atoms with E-state index in [4.69, 9.17) is 0 Å². The van der Waals surface area contributed by atoms with E-state index in [0.29, 0.717) is 0 Å². The normalized spacial score (nSPS) is 11.7. The van der Waals surface area contributed by atoms with Crippen LogP contribution in [0.3, 0.4) is 0 Å². The van der Waals surface area contributed by atoms with Crippen molar-refractivity contribution in [1.29, 1.82) is 0 Å². The van der Waals surface area contributed by atoms with E-state index in [1.165, 1.54) is 74.9 Å². The lowest BCUT2D eigenvalue weighted by Crippen LogP contribution is -2.12. The maximum Gasteiger partial charge on any atom is 0.0542 e. The summed E-state index contributed by atoms with van der Waals surface area (Å²) >= 11 is 1.87. The molecule has 3 heterocycles. The number of para-hydroxylation sites is 5. The summed E-state index contributed by atoms with van der Waals surface area (Å²) in [6.45, 7) is 0. The van der Waals surface area contributed by atoms with Gasteiger partial charge in [-0.15, -0.1) is 11.3 Å². The van der Waals surface area contributed by atoms with E-state index < -0.39 is 0 Å². The highest BCUT2D eigenvalue weighted by molar-refractivity contribution is 7.26. The van der Waals surface area contributed by atoms with Crippen LogP contribution in [0.2, 0.25) is 0 Å². The molecular formula is C66H44N4S. The van der Waals surface area contributed by atoms with Crippen molar-refractivity contribution in [2.24, 2.45) is 0 Å². The lowest BCUT2D eigenvalue weighted by molar-refractivity contribution is 1.18. The Hall–Kier alpha value is -9.16. The number of nitrogens with zero attached hydrogens (tertiary/aromatic N) is 4. The number of anilines is 6. The number of hydrogen-bond donors (Lipinski definition) is 0. The summed E-state index contributed by atoms with van der Waals surface area (Å²) in [5.41, 5.74) is 15.9. The third-order valence-corrected chi connectivity index (χ3v) is 15.3. The summed E-state index contributed by atoms with van der Waals surface area (Å²) in [5.74, 6) is 0. The van der Waals surface area contributed by atoms with Gasteiger partial charge in [0, 0.05) is 87.2 Å². The molecule has 0 aliphatic rings. The third kappa shape index (κ3) is 6.81. The van der Waals surface area contributed by atoms with Gasteiger partial charge in [-0.1, -0.05) is 140 Å². The van der Waals surface area contributed by atoms with E-state index in [1.54, 1.807) is 0 Å². The van der Waals surface area contributed by atoms with Crippen molar-refractivity contribution in [3.63, 3.8) is 0 Å². The van der Waals surface area contributed by atoms with E-state index in [1.807, 2.05) is 11.3 Å². The predicted octanol–water partition coefficient (Wildman–Crippen LogP) is 18.9. The first kappa shape index (κ1) is 40.9.